The Hall–Kier alpha value is -2.14. The SMILES string of the molecule is O=C(O)c1nccnc1Oc1ccc(Cl)cc1. The Morgan fingerprint density at radius 2 is 1.82 bits per heavy atom. The topological polar surface area (TPSA) is 72.3 Å². The van der Waals surface area contributed by atoms with Crippen molar-refractivity contribution in [2.24, 2.45) is 0 Å². The predicted octanol–water partition coefficient (Wildman–Crippen LogP) is 2.62. The van der Waals surface area contributed by atoms with Gasteiger partial charge in [0.05, 0.1) is 0 Å². The van der Waals surface area contributed by atoms with Crippen molar-refractivity contribution in [1.82, 2.24) is 9.97 Å². The molecule has 5 nitrogen and oxygen atoms in total. The number of rotatable bonds is 3. The number of aromatic carboxylic acids is 1. The van der Waals surface area contributed by atoms with Crippen LogP contribution in [0, 0.1) is 0 Å². The largest absolute Gasteiger partial charge is 0.476 e. The molecule has 0 spiro atoms. The Morgan fingerprint density at radius 3 is 2.47 bits per heavy atom. The third-order valence-corrected chi connectivity index (χ3v) is 2.15. The first-order chi connectivity index (χ1) is 8.16. The summed E-state index contributed by atoms with van der Waals surface area (Å²) in [6.45, 7) is 0. The van der Waals surface area contributed by atoms with E-state index in [0.717, 1.165) is 0 Å². The highest BCUT2D eigenvalue weighted by Gasteiger charge is 2.14. The lowest BCUT2D eigenvalue weighted by Gasteiger charge is -2.05. The zero-order valence-corrected chi connectivity index (χ0v) is 9.26. The maximum atomic E-state index is 10.9. The highest BCUT2D eigenvalue weighted by atomic mass is 35.5. The van der Waals surface area contributed by atoms with Crippen LogP contribution in [0.4, 0.5) is 0 Å². The van der Waals surface area contributed by atoms with Crippen LogP contribution in [0.25, 0.3) is 0 Å². The summed E-state index contributed by atoms with van der Waals surface area (Å²) in [5, 5.41) is 9.45. The molecule has 0 amide bonds. The van der Waals surface area contributed by atoms with E-state index in [2.05, 4.69) is 9.97 Å². The molecule has 0 bridgehead atoms. The smallest absolute Gasteiger partial charge is 0.360 e. The fraction of sp³-hybridized carbons (Fsp3) is 0. The molecule has 0 saturated heterocycles. The van der Waals surface area contributed by atoms with Gasteiger partial charge in [0.15, 0.2) is 0 Å². The van der Waals surface area contributed by atoms with Crippen LogP contribution >= 0.6 is 11.6 Å². The van der Waals surface area contributed by atoms with E-state index >= 15 is 0 Å². The molecule has 0 fully saturated rings. The van der Waals surface area contributed by atoms with Gasteiger partial charge >= 0.3 is 5.97 Å². The van der Waals surface area contributed by atoms with Crippen molar-refractivity contribution < 1.29 is 14.6 Å². The normalized spacial score (nSPS) is 9.94. The summed E-state index contributed by atoms with van der Waals surface area (Å²) in [7, 11) is 0. The molecule has 6 heteroatoms. The Balaban J connectivity index is 2.30. The molecule has 86 valence electrons. The van der Waals surface area contributed by atoms with Gasteiger partial charge in [-0.05, 0) is 24.3 Å². The van der Waals surface area contributed by atoms with E-state index < -0.39 is 5.97 Å². The van der Waals surface area contributed by atoms with Crippen LogP contribution in [0.2, 0.25) is 5.02 Å². The van der Waals surface area contributed by atoms with Crippen molar-refractivity contribution in [2.75, 3.05) is 0 Å². The molecule has 0 unspecified atom stereocenters. The molecule has 0 radical (unpaired) electrons. The Kier molecular flexibility index (Phi) is 3.20. The summed E-state index contributed by atoms with van der Waals surface area (Å²) in [6, 6.07) is 6.49. The van der Waals surface area contributed by atoms with Crippen LogP contribution in [-0.4, -0.2) is 21.0 Å². The Labute approximate surface area is 102 Å². The van der Waals surface area contributed by atoms with Crippen molar-refractivity contribution in [3.8, 4) is 11.6 Å². The van der Waals surface area contributed by atoms with Crippen LogP contribution in [0.1, 0.15) is 10.5 Å². The number of benzene rings is 1. The average Bonchev–Trinajstić information content (AvgIpc) is 2.32. The van der Waals surface area contributed by atoms with Crippen molar-refractivity contribution in [2.45, 2.75) is 0 Å². The number of nitrogens with zero attached hydrogens (tertiary/aromatic N) is 2. The number of aromatic nitrogens is 2. The van der Waals surface area contributed by atoms with E-state index in [-0.39, 0.29) is 11.6 Å². The third kappa shape index (κ3) is 2.70. The third-order valence-electron chi connectivity index (χ3n) is 1.90. The number of carboxylic acids is 1. The molecular weight excluding hydrogens is 244 g/mol. The summed E-state index contributed by atoms with van der Waals surface area (Å²) in [6.07, 6.45) is 2.65. The highest BCUT2D eigenvalue weighted by molar-refractivity contribution is 6.30. The van der Waals surface area contributed by atoms with Gasteiger partial charge < -0.3 is 9.84 Å². The fourth-order valence-electron chi connectivity index (χ4n) is 1.16. The molecule has 2 rings (SSSR count). The van der Waals surface area contributed by atoms with E-state index in [1.807, 2.05) is 0 Å². The van der Waals surface area contributed by atoms with Gasteiger partial charge in [0.2, 0.25) is 5.69 Å². The number of carbonyl (C=O) groups is 1. The van der Waals surface area contributed by atoms with Gasteiger partial charge in [-0.2, -0.15) is 0 Å². The monoisotopic (exact) mass is 250 g/mol. The highest BCUT2D eigenvalue weighted by Crippen LogP contribution is 2.23. The van der Waals surface area contributed by atoms with Crippen LogP contribution in [0.15, 0.2) is 36.7 Å². The van der Waals surface area contributed by atoms with Gasteiger partial charge in [0.1, 0.15) is 5.75 Å². The Morgan fingerprint density at radius 1 is 1.18 bits per heavy atom. The van der Waals surface area contributed by atoms with Gasteiger partial charge in [0, 0.05) is 17.4 Å². The van der Waals surface area contributed by atoms with Crippen molar-refractivity contribution >= 4 is 17.6 Å². The van der Waals surface area contributed by atoms with Crippen LogP contribution < -0.4 is 4.74 Å². The number of ether oxygens (including phenoxy) is 1. The summed E-state index contributed by atoms with van der Waals surface area (Å²) in [4.78, 5) is 18.4. The summed E-state index contributed by atoms with van der Waals surface area (Å²) in [5.74, 6) is -0.804. The minimum absolute atomic E-state index is 0.0534. The maximum Gasteiger partial charge on any atom is 0.360 e. The van der Waals surface area contributed by atoms with Crippen molar-refractivity contribution in [1.29, 1.82) is 0 Å². The minimum atomic E-state index is -1.19. The zero-order valence-electron chi connectivity index (χ0n) is 8.50. The number of hydrogen-bond donors (Lipinski definition) is 1. The summed E-state index contributed by atoms with van der Waals surface area (Å²) in [5.41, 5.74) is -0.234. The molecule has 0 aliphatic heterocycles. The summed E-state index contributed by atoms with van der Waals surface area (Å²) < 4.78 is 5.31. The second kappa shape index (κ2) is 4.80. The molecule has 1 aromatic heterocycles. The van der Waals surface area contributed by atoms with Gasteiger partial charge in [-0.3, -0.25) is 0 Å². The first-order valence-corrected chi connectivity index (χ1v) is 5.02. The number of hydrogen-bond acceptors (Lipinski definition) is 4. The van der Waals surface area contributed by atoms with Crippen molar-refractivity contribution in [3.63, 3.8) is 0 Å². The van der Waals surface area contributed by atoms with Crippen molar-refractivity contribution in [3.05, 3.63) is 47.4 Å². The molecule has 0 saturated carbocycles. The maximum absolute atomic E-state index is 10.9. The van der Waals surface area contributed by atoms with E-state index in [1.165, 1.54) is 12.4 Å². The molecular formula is C11H7ClN2O3. The number of carboxylic acid groups (broad SMARTS) is 1. The second-order valence-electron chi connectivity index (χ2n) is 3.07. The lowest BCUT2D eigenvalue weighted by Crippen LogP contribution is -2.04. The molecule has 1 heterocycles. The minimum Gasteiger partial charge on any atom is -0.476 e. The second-order valence-corrected chi connectivity index (χ2v) is 3.51. The van der Waals surface area contributed by atoms with Crippen LogP contribution in [0.5, 0.6) is 11.6 Å². The lowest BCUT2D eigenvalue weighted by atomic mass is 10.3. The standard InChI is InChI=1S/C11H7ClN2O3/c12-7-1-3-8(4-2-7)17-10-9(11(15)16)13-5-6-14-10/h1-6H,(H,15,16). The van der Waals surface area contributed by atoms with E-state index in [0.29, 0.717) is 10.8 Å². The number of halogens is 1. The quantitative estimate of drug-likeness (QED) is 0.907. The molecule has 1 N–H and O–H groups in total. The molecule has 2 aromatic rings. The van der Waals surface area contributed by atoms with E-state index in [1.54, 1.807) is 24.3 Å². The van der Waals surface area contributed by atoms with Crippen LogP contribution in [-0.2, 0) is 0 Å². The first kappa shape index (κ1) is 11.3. The van der Waals surface area contributed by atoms with Gasteiger partial charge in [-0.1, -0.05) is 11.6 Å². The Bertz CT molecular complexity index is 543. The predicted molar refractivity (Wildman–Crippen MR) is 60.5 cm³/mol. The first-order valence-electron chi connectivity index (χ1n) is 4.64. The summed E-state index contributed by atoms with van der Waals surface area (Å²) >= 11 is 5.72. The van der Waals surface area contributed by atoms with E-state index in [4.69, 9.17) is 21.4 Å². The van der Waals surface area contributed by atoms with E-state index in [9.17, 15) is 4.79 Å². The zero-order chi connectivity index (χ0) is 12.3. The van der Waals surface area contributed by atoms with Gasteiger partial charge in [0.25, 0.3) is 5.88 Å². The fourth-order valence-corrected chi connectivity index (χ4v) is 1.29. The molecule has 0 aliphatic rings. The van der Waals surface area contributed by atoms with Crippen LogP contribution in [0.3, 0.4) is 0 Å². The average molecular weight is 251 g/mol. The molecule has 17 heavy (non-hydrogen) atoms. The lowest BCUT2D eigenvalue weighted by molar-refractivity contribution is 0.0686. The molecule has 1 aromatic carbocycles. The van der Waals surface area contributed by atoms with Gasteiger partial charge in [-0.25, -0.2) is 14.8 Å². The molecule has 0 atom stereocenters. The van der Waals surface area contributed by atoms with Gasteiger partial charge in [-0.15, -0.1) is 0 Å². The molecule has 0 aliphatic carbocycles.